The Morgan fingerprint density at radius 1 is 1.58 bits per heavy atom. The number of hydrogen-bond donors (Lipinski definition) is 2. The van der Waals surface area contributed by atoms with Crippen LogP contribution in [0.1, 0.15) is 0 Å². The van der Waals surface area contributed by atoms with Crippen LogP contribution in [-0.2, 0) is 0 Å². The van der Waals surface area contributed by atoms with Crippen LogP contribution in [0.25, 0.3) is 0 Å². The molecule has 0 spiro atoms. The van der Waals surface area contributed by atoms with Crippen LogP contribution in [0.3, 0.4) is 0 Å². The maximum atomic E-state index is 9.69. The first-order valence-electron chi connectivity index (χ1n) is 4.18. The number of hydrogen-bond acceptors (Lipinski definition) is 2. The molecule has 3 heteroatoms. The van der Waals surface area contributed by atoms with Crippen LogP contribution in [0.15, 0.2) is 23.3 Å². The Hall–Kier alpha value is 0.130. The molecule has 0 saturated carbocycles. The van der Waals surface area contributed by atoms with E-state index in [1.807, 2.05) is 0 Å². The van der Waals surface area contributed by atoms with Gasteiger partial charge in [-0.1, -0.05) is 0 Å². The van der Waals surface area contributed by atoms with Crippen molar-refractivity contribution in [3.63, 3.8) is 0 Å². The fourth-order valence-electron chi connectivity index (χ4n) is 1.54. The van der Waals surface area contributed by atoms with Crippen molar-refractivity contribution in [2.75, 3.05) is 21.9 Å². The molecule has 1 unspecified atom stereocenters. The van der Waals surface area contributed by atoms with Gasteiger partial charge in [-0.05, 0) is 0 Å². The van der Waals surface area contributed by atoms with E-state index in [1.165, 1.54) is 20.0 Å². The molecule has 0 aromatic carbocycles. The number of aliphatic hydroxyl groups excluding tert-OH is 1. The Morgan fingerprint density at radius 2 is 2.50 bits per heavy atom. The molecule has 12 heavy (non-hydrogen) atoms. The molecule has 0 amide bonds. The topological polar surface area (TPSA) is 32.3 Å². The molecule has 0 aliphatic carbocycles. The molecule has 0 fully saturated rings. The van der Waals surface area contributed by atoms with Crippen molar-refractivity contribution in [1.29, 1.82) is 0 Å². The summed E-state index contributed by atoms with van der Waals surface area (Å²) >= 11 is 0.282. The Labute approximate surface area is 83.0 Å². The number of nitrogens with one attached hydrogen (secondary N) is 1. The third kappa shape index (κ3) is 1.72. The van der Waals surface area contributed by atoms with Gasteiger partial charge in [-0.2, -0.15) is 0 Å². The van der Waals surface area contributed by atoms with Crippen LogP contribution in [0.2, 0.25) is 0 Å². The molecule has 2 aliphatic heterocycles. The molecule has 2 N–H and O–H groups in total. The second-order valence-electron chi connectivity index (χ2n) is 3.08. The molecular formula is C9H13INO-. The molecule has 1 atom stereocenters. The van der Waals surface area contributed by atoms with Gasteiger partial charge < -0.3 is 0 Å². The van der Waals surface area contributed by atoms with E-state index in [4.69, 9.17) is 0 Å². The van der Waals surface area contributed by atoms with Crippen LogP contribution in [0, 0.1) is 0 Å². The molecule has 2 aliphatic rings. The minimum atomic E-state index is -0.212. The van der Waals surface area contributed by atoms with E-state index in [1.54, 1.807) is 0 Å². The third-order valence-corrected chi connectivity index (χ3v) is 4.72. The van der Waals surface area contributed by atoms with E-state index >= 15 is 0 Å². The van der Waals surface area contributed by atoms with Crippen molar-refractivity contribution in [3.05, 3.63) is 23.3 Å². The van der Waals surface area contributed by atoms with Gasteiger partial charge in [0.05, 0.1) is 0 Å². The van der Waals surface area contributed by atoms with Crippen molar-refractivity contribution in [3.8, 4) is 0 Å². The van der Waals surface area contributed by atoms with Gasteiger partial charge in [0.15, 0.2) is 0 Å². The quantitative estimate of drug-likeness (QED) is 0.363. The maximum absolute atomic E-state index is 9.69. The monoisotopic (exact) mass is 278 g/mol. The average molecular weight is 278 g/mol. The Kier molecular flexibility index (Phi) is 2.83. The predicted molar refractivity (Wildman–Crippen MR) is 44.8 cm³/mol. The van der Waals surface area contributed by atoms with Gasteiger partial charge in [0.1, 0.15) is 0 Å². The normalized spacial score (nSPS) is 30.6. The van der Waals surface area contributed by atoms with Crippen molar-refractivity contribution in [1.82, 2.24) is 5.32 Å². The fourth-order valence-corrected chi connectivity index (χ4v) is 4.05. The molecule has 2 heterocycles. The van der Waals surface area contributed by atoms with Crippen molar-refractivity contribution >= 4 is 0 Å². The molecule has 0 bridgehead atoms. The zero-order valence-electron chi connectivity index (χ0n) is 6.89. The van der Waals surface area contributed by atoms with Crippen molar-refractivity contribution in [2.24, 2.45) is 0 Å². The summed E-state index contributed by atoms with van der Waals surface area (Å²) in [6.07, 6.45) is 4.24. The summed E-state index contributed by atoms with van der Waals surface area (Å²) in [4.78, 5) is 0. The number of aliphatic hydroxyl groups is 1. The number of allylic oxidation sites excluding steroid dienone is 1. The summed E-state index contributed by atoms with van der Waals surface area (Å²) in [5.74, 6) is 0. The zero-order chi connectivity index (χ0) is 8.39. The van der Waals surface area contributed by atoms with E-state index < -0.39 is 0 Å². The van der Waals surface area contributed by atoms with Crippen LogP contribution in [0.4, 0.5) is 0 Å². The fraction of sp³-hybridized carbons (Fsp3) is 0.556. The van der Waals surface area contributed by atoms with Crippen molar-refractivity contribution < 1.29 is 26.3 Å². The molecule has 0 aromatic heterocycles. The van der Waals surface area contributed by atoms with Crippen molar-refractivity contribution in [2.45, 2.75) is 6.10 Å². The SMILES string of the molecule is OC1CNCC2=C1C[I-]CC=C2. The first kappa shape index (κ1) is 8.72. The number of β-amino-alcohol motifs (C(OH)–C–C–N with tert-alkyl or cyclic N) is 1. The zero-order valence-corrected chi connectivity index (χ0v) is 9.04. The van der Waals surface area contributed by atoms with Crippen LogP contribution < -0.4 is 26.5 Å². The van der Waals surface area contributed by atoms with Gasteiger partial charge in [-0.25, -0.2) is 0 Å². The molecule has 2 rings (SSSR count). The van der Waals surface area contributed by atoms with E-state index in [2.05, 4.69) is 17.5 Å². The molecular weight excluding hydrogens is 265 g/mol. The standard InChI is InChI=1S/C9H13INO/c12-9-6-11-5-7-2-1-3-10-4-8(7)9/h1-2,9,11-12H,3-6H2/q-1. The summed E-state index contributed by atoms with van der Waals surface area (Å²) in [7, 11) is 0. The van der Waals surface area contributed by atoms with Gasteiger partial charge in [0.2, 0.25) is 0 Å². The third-order valence-electron chi connectivity index (χ3n) is 2.22. The number of rotatable bonds is 0. The summed E-state index contributed by atoms with van der Waals surface area (Å²) in [5, 5.41) is 12.9. The first-order chi connectivity index (χ1) is 5.88. The van der Waals surface area contributed by atoms with Gasteiger partial charge in [-0.15, -0.1) is 0 Å². The van der Waals surface area contributed by atoms with Crippen LogP contribution in [0.5, 0.6) is 0 Å². The van der Waals surface area contributed by atoms with Gasteiger partial charge in [0, 0.05) is 0 Å². The predicted octanol–water partition coefficient (Wildman–Crippen LogP) is -3.09. The average Bonchev–Trinajstić information content (AvgIpc) is 2.30. The van der Waals surface area contributed by atoms with E-state index in [0.717, 1.165) is 13.1 Å². The molecule has 0 saturated heterocycles. The second kappa shape index (κ2) is 3.89. The summed E-state index contributed by atoms with van der Waals surface area (Å²) in [5.41, 5.74) is 2.65. The minimum absolute atomic E-state index is 0.212. The molecule has 68 valence electrons. The van der Waals surface area contributed by atoms with E-state index in [0.29, 0.717) is 0 Å². The molecule has 2 nitrogen and oxygen atoms in total. The number of alkyl halides is 2. The first-order valence-corrected chi connectivity index (χ1v) is 7.24. The Bertz CT molecular complexity index is 235. The van der Waals surface area contributed by atoms with Gasteiger partial charge >= 0.3 is 83.0 Å². The summed E-state index contributed by atoms with van der Waals surface area (Å²) in [6.45, 7) is 1.70. The molecule has 0 radical (unpaired) electrons. The van der Waals surface area contributed by atoms with E-state index in [-0.39, 0.29) is 27.3 Å². The summed E-state index contributed by atoms with van der Waals surface area (Å²) < 4.78 is 2.45. The molecule has 0 aromatic rings. The Balaban J connectivity index is 2.26. The van der Waals surface area contributed by atoms with Gasteiger partial charge in [-0.3, -0.25) is 0 Å². The van der Waals surface area contributed by atoms with Crippen LogP contribution in [-0.4, -0.2) is 33.2 Å². The second-order valence-corrected chi connectivity index (χ2v) is 5.80. The Morgan fingerprint density at radius 3 is 3.42 bits per heavy atom. The summed E-state index contributed by atoms with van der Waals surface area (Å²) in [6, 6.07) is 0. The van der Waals surface area contributed by atoms with Crippen LogP contribution >= 0.6 is 0 Å². The number of halogens is 1. The van der Waals surface area contributed by atoms with Gasteiger partial charge in [0.25, 0.3) is 0 Å². The van der Waals surface area contributed by atoms with E-state index in [9.17, 15) is 5.11 Å².